The van der Waals surface area contributed by atoms with Crippen molar-refractivity contribution >= 4 is 0 Å². The Morgan fingerprint density at radius 1 is 1.31 bits per heavy atom. The van der Waals surface area contributed by atoms with E-state index in [9.17, 15) is 0 Å². The van der Waals surface area contributed by atoms with Gasteiger partial charge in [-0.05, 0) is 16.9 Å². The molecule has 0 fully saturated rings. The number of hydrogen-bond acceptors (Lipinski definition) is 1. The maximum Gasteiger partial charge on any atom is 0.0530 e. The highest BCUT2D eigenvalue weighted by Gasteiger charge is 2.22. The maximum absolute atomic E-state index is 4.32. The lowest BCUT2D eigenvalue weighted by Gasteiger charge is -2.20. The molecule has 0 spiro atoms. The predicted octanol–water partition coefficient (Wildman–Crippen LogP) is 2.84. The van der Waals surface area contributed by atoms with Crippen LogP contribution in [0.1, 0.15) is 51.8 Å². The van der Waals surface area contributed by atoms with E-state index in [-0.39, 0.29) is 5.41 Å². The number of nitrogens with zero attached hydrogens (tertiary/aromatic N) is 2. The molecular weight excluding hydrogens is 160 g/mol. The van der Waals surface area contributed by atoms with Crippen LogP contribution in [0.5, 0.6) is 0 Å². The molecule has 2 nitrogen and oxygen atoms in total. The first-order valence-corrected chi connectivity index (χ1v) is 4.86. The van der Waals surface area contributed by atoms with Gasteiger partial charge >= 0.3 is 0 Å². The van der Waals surface area contributed by atoms with Gasteiger partial charge in [0.15, 0.2) is 0 Å². The third kappa shape index (κ3) is 1.93. The molecule has 0 amide bonds. The summed E-state index contributed by atoms with van der Waals surface area (Å²) in [5, 5.41) is 4.32. The van der Waals surface area contributed by atoms with Gasteiger partial charge in [-0.1, -0.05) is 34.6 Å². The van der Waals surface area contributed by atoms with Crippen LogP contribution in [0.25, 0.3) is 0 Å². The highest BCUT2D eigenvalue weighted by Crippen LogP contribution is 2.29. The first-order valence-electron chi connectivity index (χ1n) is 4.86. The quantitative estimate of drug-likeness (QED) is 0.650. The van der Waals surface area contributed by atoms with Crippen LogP contribution in [0.4, 0.5) is 0 Å². The summed E-state index contributed by atoms with van der Waals surface area (Å²) in [5.41, 5.74) is 2.92. The molecule has 0 saturated heterocycles. The second-order valence-electron chi connectivity index (χ2n) is 4.97. The largest absolute Gasteiger partial charge is 0.272 e. The summed E-state index contributed by atoms with van der Waals surface area (Å²) in [5.74, 6) is 0.543. The van der Waals surface area contributed by atoms with E-state index < -0.39 is 0 Å². The Balaban J connectivity index is 3.23. The fourth-order valence-electron chi connectivity index (χ4n) is 1.71. The minimum absolute atomic E-state index is 0.202. The fourth-order valence-corrected chi connectivity index (χ4v) is 1.71. The van der Waals surface area contributed by atoms with Crippen molar-refractivity contribution in [3.05, 3.63) is 17.5 Å². The average molecular weight is 180 g/mol. The van der Waals surface area contributed by atoms with E-state index in [0.717, 1.165) is 0 Å². The zero-order chi connectivity index (χ0) is 10.2. The lowest BCUT2D eigenvalue weighted by molar-refractivity contribution is 0.567. The highest BCUT2D eigenvalue weighted by molar-refractivity contribution is 5.27. The molecule has 0 aliphatic carbocycles. The summed E-state index contributed by atoms with van der Waals surface area (Å²) in [4.78, 5) is 0. The van der Waals surface area contributed by atoms with Crippen molar-refractivity contribution in [3.63, 3.8) is 0 Å². The molecular formula is C11H20N2. The van der Waals surface area contributed by atoms with Crippen LogP contribution in [0.3, 0.4) is 0 Å². The van der Waals surface area contributed by atoms with Crippen LogP contribution in [-0.4, -0.2) is 9.78 Å². The van der Waals surface area contributed by atoms with Crippen LogP contribution in [0, 0.1) is 0 Å². The molecule has 0 atom stereocenters. The van der Waals surface area contributed by atoms with Gasteiger partial charge in [-0.2, -0.15) is 5.10 Å². The van der Waals surface area contributed by atoms with E-state index in [1.54, 1.807) is 0 Å². The van der Waals surface area contributed by atoms with Crippen molar-refractivity contribution in [2.75, 3.05) is 0 Å². The monoisotopic (exact) mass is 180 g/mol. The molecule has 1 aromatic heterocycles. The van der Waals surface area contributed by atoms with Crippen molar-refractivity contribution < 1.29 is 0 Å². The molecule has 0 unspecified atom stereocenters. The van der Waals surface area contributed by atoms with E-state index >= 15 is 0 Å². The first kappa shape index (κ1) is 10.3. The summed E-state index contributed by atoms with van der Waals surface area (Å²) in [6, 6.07) is 0. The molecule has 74 valence electrons. The van der Waals surface area contributed by atoms with Gasteiger partial charge in [0, 0.05) is 12.7 Å². The Morgan fingerprint density at radius 3 is 2.15 bits per heavy atom. The minimum atomic E-state index is 0.202. The maximum atomic E-state index is 4.32. The van der Waals surface area contributed by atoms with Gasteiger partial charge in [-0.15, -0.1) is 0 Å². The molecule has 0 radical (unpaired) electrons. The van der Waals surface area contributed by atoms with Crippen LogP contribution in [0.2, 0.25) is 0 Å². The second kappa shape index (κ2) is 3.17. The lowest BCUT2D eigenvalue weighted by atomic mass is 9.85. The zero-order valence-electron chi connectivity index (χ0n) is 9.55. The van der Waals surface area contributed by atoms with Gasteiger partial charge in [0.05, 0.1) is 6.20 Å². The average Bonchev–Trinajstić information content (AvgIpc) is 2.28. The number of hydrogen-bond donors (Lipinski definition) is 0. The Labute approximate surface area is 81.0 Å². The van der Waals surface area contributed by atoms with Gasteiger partial charge in [0.2, 0.25) is 0 Å². The van der Waals surface area contributed by atoms with Crippen LogP contribution in [0.15, 0.2) is 6.20 Å². The van der Waals surface area contributed by atoms with Gasteiger partial charge in [0.1, 0.15) is 0 Å². The predicted molar refractivity (Wildman–Crippen MR) is 56.0 cm³/mol. The van der Waals surface area contributed by atoms with E-state index in [0.29, 0.717) is 5.92 Å². The zero-order valence-corrected chi connectivity index (χ0v) is 9.55. The third-order valence-electron chi connectivity index (χ3n) is 2.34. The molecule has 0 aliphatic heterocycles. The molecule has 1 heterocycles. The van der Waals surface area contributed by atoms with Crippen LogP contribution < -0.4 is 0 Å². The smallest absolute Gasteiger partial charge is 0.0530 e. The van der Waals surface area contributed by atoms with Crippen molar-refractivity contribution in [1.29, 1.82) is 0 Å². The molecule has 1 rings (SSSR count). The summed E-state index contributed by atoms with van der Waals surface area (Å²) in [7, 11) is 2.02. The Morgan fingerprint density at radius 2 is 1.85 bits per heavy atom. The molecule has 13 heavy (non-hydrogen) atoms. The van der Waals surface area contributed by atoms with E-state index in [2.05, 4.69) is 39.7 Å². The summed E-state index contributed by atoms with van der Waals surface area (Å²) in [6.45, 7) is 11.1. The van der Waals surface area contributed by atoms with Crippen LogP contribution in [-0.2, 0) is 12.5 Å². The molecule has 0 bridgehead atoms. The molecule has 1 aromatic rings. The Hall–Kier alpha value is -0.790. The van der Waals surface area contributed by atoms with Gasteiger partial charge in [0.25, 0.3) is 0 Å². The summed E-state index contributed by atoms with van der Waals surface area (Å²) in [6.07, 6.45) is 2.00. The van der Waals surface area contributed by atoms with Crippen LogP contribution >= 0.6 is 0 Å². The molecule has 2 heteroatoms. The minimum Gasteiger partial charge on any atom is -0.272 e. The molecule has 0 saturated carbocycles. The standard InChI is InChI=1S/C11H20N2/c1-8(2)10-9(11(3,4)5)7-12-13(10)6/h7-8H,1-6H3. The summed E-state index contributed by atoms with van der Waals surface area (Å²) < 4.78 is 1.99. The second-order valence-corrected chi connectivity index (χ2v) is 4.97. The summed E-state index contributed by atoms with van der Waals surface area (Å²) >= 11 is 0. The number of aryl methyl sites for hydroxylation is 1. The van der Waals surface area contributed by atoms with E-state index in [4.69, 9.17) is 0 Å². The van der Waals surface area contributed by atoms with Crippen molar-refractivity contribution in [2.24, 2.45) is 7.05 Å². The van der Waals surface area contributed by atoms with Gasteiger partial charge < -0.3 is 0 Å². The van der Waals surface area contributed by atoms with Crippen molar-refractivity contribution in [3.8, 4) is 0 Å². The fraction of sp³-hybridized carbons (Fsp3) is 0.727. The van der Waals surface area contributed by atoms with Gasteiger partial charge in [-0.3, -0.25) is 4.68 Å². The van der Waals surface area contributed by atoms with Crippen molar-refractivity contribution in [2.45, 2.75) is 46.0 Å². The lowest BCUT2D eigenvalue weighted by Crippen LogP contribution is -2.14. The Kier molecular flexibility index (Phi) is 2.51. The topological polar surface area (TPSA) is 17.8 Å². The number of rotatable bonds is 1. The molecule has 0 aliphatic rings. The first-order chi connectivity index (χ1) is 5.84. The Bertz CT molecular complexity index is 290. The van der Waals surface area contributed by atoms with E-state index in [1.165, 1.54) is 11.3 Å². The van der Waals surface area contributed by atoms with E-state index in [1.807, 2.05) is 17.9 Å². The molecule has 0 aromatic carbocycles. The van der Waals surface area contributed by atoms with Gasteiger partial charge in [-0.25, -0.2) is 0 Å². The van der Waals surface area contributed by atoms with Crippen molar-refractivity contribution in [1.82, 2.24) is 9.78 Å². The number of aromatic nitrogens is 2. The highest BCUT2D eigenvalue weighted by atomic mass is 15.3. The molecule has 0 N–H and O–H groups in total. The normalized spacial score (nSPS) is 12.5. The SMILES string of the molecule is CC(C)c1c(C(C)(C)C)cnn1C. The third-order valence-corrected chi connectivity index (χ3v) is 2.34.